The lowest BCUT2D eigenvalue weighted by Crippen LogP contribution is -2.19. The van der Waals surface area contributed by atoms with Gasteiger partial charge in [0.15, 0.2) is 0 Å². The lowest BCUT2D eigenvalue weighted by molar-refractivity contribution is -0.116. The Bertz CT molecular complexity index is 932. The van der Waals surface area contributed by atoms with E-state index in [1.54, 1.807) is 29.1 Å². The maximum atomic E-state index is 12.1. The maximum absolute atomic E-state index is 12.1. The van der Waals surface area contributed by atoms with Gasteiger partial charge in [-0.15, -0.1) is 11.3 Å². The molecule has 3 rings (SSSR count). The van der Waals surface area contributed by atoms with Crippen molar-refractivity contribution in [2.24, 2.45) is 0 Å². The molecule has 0 aliphatic carbocycles. The van der Waals surface area contributed by atoms with Gasteiger partial charge in [0, 0.05) is 22.0 Å². The van der Waals surface area contributed by atoms with E-state index in [-0.39, 0.29) is 12.5 Å². The van der Waals surface area contributed by atoms with Gasteiger partial charge in [-0.25, -0.2) is 4.79 Å². The minimum absolute atomic E-state index is 0.129. The van der Waals surface area contributed by atoms with Crippen molar-refractivity contribution < 1.29 is 14.3 Å². The quantitative estimate of drug-likeness (QED) is 0.720. The number of amides is 1. The average molecular weight is 364 g/mol. The number of aryl methyl sites for hydroxylation is 1. The van der Waals surface area contributed by atoms with Crippen molar-refractivity contribution in [1.29, 1.82) is 0 Å². The van der Waals surface area contributed by atoms with Crippen LogP contribution >= 0.6 is 22.9 Å². The smallest absolute Gasteiger partial charge is 0.349 e. The molecule has 0 aliphatic heterocycles. The number of nitrogens with zero attached hydrogens (tertiary/aromatic N) is 2. The molecule has 1 aromatic carbocycles. The summed E-state index contributed by atoms with van der Waals surface area (Å²) in [5, 5.41) is 8.11. The van der Waals surface area contributed by atoms with Crippen molar-refractivity contribution in [1.82, 2.24) is 9.78 Å². The van der Waals surface area contributed by atoms with E-state index in [1.165, 1.54) is 18.4 Å². The van der Waals surface area contributed by atoms with Crippen LogP contribution in [0.4, 0.5) is 5.69 Å². The summed E-state index contributed by atoms with van der Waals surface area (Å²) in [5.74, 6) is -0.658. The number of hydrogen-bond acceptors (Lipinski definition) is 5. The van der Waals surface area contributed by atoms with Crippen LogP contribution in [0, 0.1) is 6.92 Å². The molecule has 24 heavy (non-hydrogen) atoms. The third-order valence-electron chi connectivity index (χ3n) is 3.36. The minimum atomic E-state index is -0.471. The Morgan fingerprint density at radius 3 is 2.83 bits per heavy atom. The topological polar surface area (TPSA) is 73.2 Å². The fourth-order valence-corrected chi connectivity index (χ4v) is 3.73. The van der Waals surface area contributed by atoms with E-state index in [4.69, 9.17) is 16.3 Å². The summed E-state index contributed by atoms with van der Waals surface area (Å²) in [5.41, 5.74) is 1.48. The molecule has 0 fully saturated rings. The lowest BCUT2D eigenvalue weighted by Gasteiger charge is -2.05. The van der Waals surface area contributed by atoms with Crippen molar-refractivity contribution in [3.05, 3.63) is 46.1 Å². The van der Waals surface area contributed by atoms with E-state index in [9.17, 15) is 9.59 Å². The molecule has 0 unspecified atom stereocenters. The molecule has 8 heteroatoms. The Labute approximate surface area is 147 Å². The van der Waals surface area contributed by atoms with E-state index >= 15 is 0 Å². The number of esters is 1. The number of carbonyl (C=O) groups excluding carboxylic acids is 2. The standard InChI is InChI=1S/C16H14ClN3O3S/c1-9-5-6-20(19-9)8-13(21)18-10-3-4-11-12(7-10)24-15(14(11)17)16(22)23-2/h3-7H,8H2,1-2H3,(H,18,21). The van der Waals surface area contributed by atoms with E-state index in [2.05, 4.69) is 10.4 Å². The zero-order valence-corrected chi connectivity index (χ0v) is 14.6. The van der Waals surface area contributed by atoms with Crippen molar-refractivity contribution in [2.75, 3.05) is 12.4 Å². The van der Waals surface area contributed by atoms with Crippen LogP contribution in [-0.2, 0) is 16.1 Å². The number of methoxy groups -OCH3 is 1. The van der Waals surface area contributed by atoms with Crippen molar-refractivity contribution in [2.45, 2.75) is 13.5 Å². The molecular formula is C16H14ClN3O3S. The second-order valence-corrected chi connectivity index (χ2v) is 6.58. The Kier molecular flexibility index (Phi) is 4.55. The van der Waals surface area contributed by atoms with Gasteiger partial charge in [0.2, 0.25) is 5.91 Å². The first-order valence-corrected chi connectivity index (χ1v) is 8.27. The molecule has 0 bridgehead atoms. The van der Waals surface area contributed by atoms with Gasteiger partial charge in [0.05, 0.1) is 17.8 Å². The highest BCUT2D eigenvalue weighted by Gasteiger charge is 2.18. The number of aromatic nitrogens is 2. The monoisotopic (exact) mass is 363 g/mol. The summed E-state index contributed by atoms with van der Waals surface area (Å²) in [6.07, 6.45) is 1.75. The van der Waals surface area contributed by atoms with E-state index in [1.807, 2.05) is 13.0 Å². The predicted octanol–water partition coefficient (Wildman–Crippen LogP) is 3.48. The molecule has 3 aromatic rings. The van der Waals surface area contributed by atoms with Crippen LogP contribution in [0.3, 0.4) is 0 Å². The molecule has 0 atom stereocenters. The highest BCUT2D eigenvalue weighted by atomic mass is 35.5. The summed E-state index contributed by atoms with van der Waals surface area (Å²) >= 11 is 7.44. The van der Waals surface area contributed by atoms with Gasteiger partial charge in [0.1, 0.15) is 11.4 Å². The number of anilines is 1. The zero-order chi connectivity index (χ0) is 17.3. The minimum Gasteiger partial charge on any atom is -0.465 e. The molecule has 2 aromatic heterocycles. The molecule has 124 valence electrons. The van der Waals surface area contributed by atoms with Crippen LogP contribution in [0.25, 0.3) is 10.1 Å². The van der Waals surface area contributed by atoms with Gasteiger partial charge in [-0.3, -0.25) is 9.48 Å². The normalized spacial score (nSPS) is 10.8. The first-order valence-electron chi connectivity index (χ1n) is 7.08. The number of fused-ring (bicyclic) bond motifs is 1. The molecule has 0 saturated carbocycles. The Morgan fingerprint density at radius 2 is 2.17 bits per heavy atom. The van der Waals surface area contributed by atoms with E-state index in [0.29, 0.717) is 15.6 Å². The van der Waals surface area contributed by atoms with E-state index in [0.717, 1.165) is 15.8 Å². The number of benzene rings is 1. The third kappa shape index (κ3) is 3.27. The number of thiophene rings is 1. The molecule has 6 nitrogen and oxygen atoms in total. The van der Waals surface area contributed by atoms with Crippen LogP contribution in [0.5, 0.6) is 0 Å². The Balaban J connectivity index is 1.80. The first kappa shape index (κ1) is 16.5. The number of rotatable bonds is 4. The molecule has 1 amide bonds. The maximum Gasteiger partial charge on any atom is 0.349 e. The number of hydrogen-bond donors (Lipinski definition) is 1. The number of halogens is 1. The molecule has 0 saturated heterocycles. The zero-order valence-electron chi connectivity index (χ0n) is 13.0. The second kappa shape index (κ2) is 6.62. The predicted molar refractivity (Wildman–Crippen MR) is 93.8 cm³/mol. The second-order valence-electron chi connectivity index (χ2n) is 5.15. The SMILES string of the molecule is COC(=O)c1sc2cc(NC(=O)Cn3ccc(C)n3)ccc2c1Cl. The Morgan fingerprint density at radius 1 is 1.38 bits per heavy atom. The highest BCUT2D eigenvalue weighted by Crippen LogP contribution is 2.37. The van der Waals surface area contributed by atoms with Crippen LogP contribution in [0.15, 0.2) is 30.5 Å². The molecule has 1 N–H and O–H groups in total. The van der Waals surface area contributed by atoms with Gasteiger partial charge in [-0.05, 0) is 31.2 Å². The largest absolute Gasteiger partial charge is 0.465 e. The van der Waals surface area contributed by atoms with E-state index < -0.39 is 5.97 Å². The Hall–Kier alpha value is -2.38. The molecule has 0 aliphatic rings. The summed E-state index contributed by atoms with van der Waals surface area (Å²) in [6, 6.07) is 7.13. The van der Waals surface area contributed by atoms with Crippen molar-refractivity contribution >= 4 is 50.6 Å². The van der Waals surface area contributed by atoms with Crippen molar-refractivity contribution in [3.63, 3.8) is 0 Å². The molecule has 2 heterocycles. The third-order valence-corrected chi connectivity index (χ3v) is 5.00. The van der Waals surface area contributed by atoms with Gasteiger partial charge >= 0.3 is 5.97 Å². The first-order chi connectivity index (χ1) is 11.5. The average Bonchev–Trinajstić information content (AvgIpc) is 3.10. The van der Waals surface area contributed by atoms with Crippen LogP contribution < -0.4 is 5.32 Å². The van der Waals surface area contributed by atoms with Gasteiger partial charge in [0.25, 0.3) is 0 Å². The van der Waals surface area contributed by atoms with Crippen LogP contribution in [0.1, 0.15) is 15.4 Å². The number of carbonyl (C=O) groups is 2. The fraction of sp³-hybridized carbons (Fsp3) is 0.188. The van der Waals surface area contributed by atoms with Gasteiger partial charge < -0.3 is 10.1 Å². The number of nitrogens with one attached hydrogen (secondary N) is 1. The summed E-state index contributed by atoms with van der Waals surface area (Å²) in [7, 11) is 1.31. The molecular weight excluding hydrogens is 350 g/mol. The lowest BCUT2D eigenvalue weighted by atomic mass is 10.2. The summed E-state index contributed by atoms with van der Waals surface area (Å²) in [6.45, 7) is 1.99. The molecule has 0 spiro atoms. The van der Waals surface area contributed by atoms with Gasteiger partial charge in [-0.1, -0.05) is 11.6 Å². The highest BCUT2D eigenvalue weighted by molar-refractivity contribution is 7.21. The number of ether oxygens (including phenoxy) is 1. The van der Waals surface area contributed by atoms with Gasteiger partial charge in [-0.2, -0.15) is 5.10 Å². The van der Waals surface area contributed by atoms with Crippen LogP contribution in [-0.4, -0.2) is 28.8 Å². The molecule has 0 radical (unpaired) electrons. The summed E-state index contributed by atoms with van der Waals surface area (Å²) < 4.78 is 7.09. The summed E-state index contributed by atoms with van der Waals surface area (Å²) in [4.78, 5) is 24.1. The van der Waals surface area contributed by atoms with Crippen molar-refractivity contribution in [3.8, 4) is 0 Å². The van der Waals surface area contributed by atoms with Crippen LogP contribution in [0.2, 0.25) is 5.02 Å². The fourth-order valence-electron chi connectivity index (χ4n) is 2.27.